The minimum Gasteiger partial charge on any atom is -0.337 e. The van der Waals surface area contributed by atoms with E-state index in [0.717, 1.165) is 25.4 Å². The number of hydrogen-bond donors (Lipinski definition) is 0. The average molecular weight is 344 g/mol. The van der Waals surface area contributed by atoms with Crippen LogP contribution in [0.5, 0.6) is 0 Å². The first-order valence-corrected chi connectivity index (χ1v) is 10.5. The Labute approximate surface area is 152 Å². The van der Waals surface area contributed by atoms with Crippen LogP contribution in [0.25, 0.3) is 0 Å². The SMILES string of the molecule is CC1CCN(C(=O)c2ccn(C3CCCCC3)n2)CC12CCCCC2. The second kappa shape index (κ2) is 7.13. The number of carbonyl (C=O) groups is 1. The van der Waals surface area contributed by atoms with Gasteiger partial charge in [0.05, 0.1) is 6.04 Å². The van der Waals surface area contributed by atoms with Crippen LogP contribution in [0.4, 0.5) is 0 Å². The van der Waals surface area contributed by atoms with Crippen molar-refractivity contribution in [2.75, 3.05) is 13.1 Å². The summed E-state index contributed by atoms with van der Waals surface area (Å²) >= 11 is 0. The first kappa shape index (κ1) is 17.1. The van der Waals surface area contributed by atoms with Crippen molar-refractivity contribution >= 4 is 5.91 Å². The highest BCUT2D eigenvalue weighted by molar-refractivity contribution is 5.92. The number of amides is 1. The van der Waals surface area contributed by atoms with Crippen LogP contribution < -0.4 is 0 Å². The maximum Gasteiger partial charge on any atom is 0.274 e. The van der Waals surface area contributed by atoms with E-state index in [-0.39, 0.29) is 5.91 Å². The Hall–Kier alpha value is -1.32. The quantitative estimate of drug-likeness (QED) is 0.772. The molecule has 0 radical (unpaired) electrons. The van der Waals surface area contributed by atoms with Gasteiger partial charge in [0, 0.05) is 19.3 Å². The highest BCUT2D eigenvalue weighted by atomic mass is 16.2. The summed E-state index contributed by atoms with van der Waals surface area (Å²) in [5.41, 5.74) is 1.03. The van der Waals surface area contributed by atoms with Gasteiger partial charge in [-0.3, -0.25) is 9.48 Å². The summed E-state index contributed by atoms with van der Waals surface area (Å²) in [6, 6.07) is 2.45. The van der Waals surface area contributed by atoms with Gasteiger partial charge in [0.1, 0.15) is 5.69 Å². The van der Waals surface area contributed by atoms with Crippen molar-refractivity contribution in [2.45, 2.75) is 83.6 Å². The molecule has 0 aromatic carbocycles. The predicted molar refractivity (Wildman–Crippen MR) is 99.6 cm³/mol. The molecule has 3 aliphatic rings. The molecule has 1 aromatic heterocycles. The lowest BCUT2D eigenvalue weighted by Crippen LogP contribution is -2.51. The number of aromatic nitrogens is 2. The van der Waals surface area contributed by atoms with Crippen LogP contribution in [0.3, 0.4) is 0 Å². The minimum absolute atomic E-state index is 0.159. The Morgan fingerprint density at radius 3 is 2.56 bits per heavy atom. The molecule has 4 heteroatoms. The summed E-state index contributed by atoms with van der Waals surface area (Å²) in [5, 5.41) is 4.69. The van der Waals surface area contributed by atoms with Gasteiger partial charge in [-0.1, -0.05) is 45.4 Å². The van der Waals surface area contributed by atoms with Crippen molar-refractivity contribution < 1.29 is 4.79 Å². The Bertz CT molecular complexity index is 596. The second-order valence-electron chi connectivity index (χ2n) is 8.81. The van der Waals surface area contributed by atoms with Crippen LogP contribution in [0.2, 0.25) is 0 Å². The number of rotatable bonds is 2. The molecule has 1 unspecified atom stereocenters. The third-order valence-electron chi connectivity index (χ3n) is 7.30. The van der Waals surface area contributed by atoms with E-state index in [1.54, 1.807) is 0 Å². The van der Waals surface area contributed by atoms with Crippen LogP contribution in [0.1, 0.15) is 94.1 Å². The Morgan fingerprint density at radius 2 is 1.80 bits per heavy atom. The summed E-state index contributed by atoms with van der Waals surface area (Å²) in [5.74, 6) is 0.906. The van der Waals surface area contributed by atoms with Crippen molar-refractivity contribution in [3.05, 3.63) is 18.0 Å². The van der Waals surface area contributed by atoms with Gasteiger partial charge in [-0.05, 0) is 49.5 Å². The number of nitrogens with zero attached hydrogens (tertiary/aromatic N) is 3. The van der Waals surface area contributed by atoms with Gasteiger partial charge in [0.15, 0.2) is 0 Å². The van der Waals surface area contributed by atoms with E-state index in [9.17, 15) is 4.79 Å². The third-order valence-corrected chi connectivity index (χ3v) is 7.30. The summed E-state index contributed by atoms with van der Waals surface area (Å²) in [7, 11) is 0. The van der Waals surface area contributed by atoms with Gasteiger partial charge in [0.2, 0.25) is 0 Å². The van der Waals surface area contributed by atoms with Gasteiger partial charge in [-0.2, -0.15) is 5.10 Å². The molecule has 1 amide bonds. The predicted octanol–water partition coefficient (Wildman–Crippen LogP) is 4.82. The van der Waals surface area contributed by atoms with E-state index in [2.05, 4.69) is 21.6 Å². The minimum atomic E-state index is 0.159. The van der Waals surface area contributed by atoms with E-state index < -0.39 is 0 Å². The fourth-order valence-electron chi connectivity index (χ4n) is 5.51. The lowest BCUT2D eigenvalue weighted by Gasteiger charge is -2.49. The molecule has 2 aliphatic carbocycles. The summed E-state index contributed by atoms with van der Waals surface area (Å²) in [6.07, 6.45) is 16.2. The topological polar surface area (TPSA) is 38.1 Å². The second-order valence-corrected chi connectivity index (χ2v) is 8.81. The maximum absolute atomic E-state index is 13.1. The summed E-state index contributed by atoms with van der Waals surface area (Å²) in [6.45, 7) is 4.26. The average Bonchev–Trinajstić information content (AvgIpc) is 3.15. The molecule has 1 saturated heterocycles. The molecule has 2 saturated carbocycles. The molecule has 0 N–H and O–H groups in total. The molecule has 1 aliphatic heterocycles. The molecule has 25 heavy (non-hydrogen) atoms. The zero-order chi connectivity index (χ0) is 17.3. The van der Waals surface area contributed by atoms with Crippen molar-refractivity contribution in [1.29, 1.82) is 0 Å². The molecule has 0 bridgehead atoms. The van der Waals surface area contributed by atoms with Gasteiger partial charge in [0.25, 0.3) is 5.91 Å². The molecule has 4 nitrogen and oxygen atoms in total. The van der Waals surface area contributed by atoms with E-state index in [4.69, 9.17) is 0 Å². The van der Waals surface area contributed by atoms with Gasteiger partial charge in [-0.15, -0.1) is 0 Å². The fourth-order valence-corrected chi connectivity index (χ4v) is 5.51. The van der Waals surface area contributed by atoms with Crippen LogP contribution in [-0.4, -0.2) is 33.7 Å². The van der Waals surface area contributed by atoms with E-state index in [0.29, 0.717) is 17.2 Å². The lowest BCUT2D eigenvalue weighted by molar-refractivity contribution is 0.00647. The van der Waals surface area contributed by atoms with Crippen molar-refractivity contribution in [3.63, 3.8) is 0 Å². The van der Waals surface area contributed by atoms with Gasteiger partial charge < -0.3 is 4.90 Å². The Kier molecular flexibility index (Phi) is 4.88. The summed E-state index contributed by atoms with van der Waals surface area (Å²) < 4.78 is 2.06. The first-order valence-electron chi connectivity index (χ1n) is 10.5. The molecule has 3 fully saturated rings. The van der Waals surface area contributed by atoms with Crippen molar-refractivity contribution in [3.8, 4) is 0 Å². The Balaban J connectivity index is 1.46. The third kappa shape index (κ3) is 3.37. The van der Waals surface area contributed by atoms with Crippen molar-refractivity contribution in [1.82, 2.24) is 14.7 Å². The molecule has 4 rings (SSSR count). The standard InChI is InChI=1S/C21H33N3O/c1-17-10-14-23(16-21(17)12-6-3-7-13-21)20(25)19-11-15-24(22-19)18-8-4-2-5-9-18/h11,15,17-18H,2-10,12-14,16H2,1H3. The largest absolute Gasteiger partial charge is 0.337 e. The molecule has 138 valence electrons. The molecule has 2 heterocycles. The molecule has 1 atom stereocenters. The number of likely N-dealkylation sites (tertiary alicyclic amines) is 1. The molecular weight excluding hydrogens is 310 g/mol. The van der Waals surface area contributed by atoms with Gasteiger partial charge in [-0.25, -0.2) is 0 Å². The maximum atomic E-state index is 13.1. The van der Waals surface area contributed by atoms with E-state index in [1.165, 1.54) is 64.2 Å². The lowest BCUT2D eigenvalue weighted by atomic mass is 9.63. The zero-order valence-electron chi connectivity index (χ0n) is 15.8. The fraction of sp³-hybridized carbons (Fsp3) is 0.810. The number of hydrogen-bond acceptors (Lipinski definition) is 2. The normalized spacial score (nSPS) is 27.6. The highest BCUT2D eigenvalue weighted by Crippen LogP contribution is 2.47. The molecule has 1 aromatic rings. The Morgan fingerprint density at radius 1 is 1.08 bits per heavy atom. The van der Waals surface area contributed by atoms with Crippen LogP contribution in [0.15, 0.2) is 12.3 Å². The number of carbonyl (C=O) groups excluding carboxylic acids is 1. The van der Waals surface area contributed by atoms with E-state index >= 15 is 0 Å². The van der Waals surface area contributed by atoms with Crippen LogP contribution in [-0.2, 0) is 0 Å². The zero-order valence-corrected chi connectivity index (χ0v) is 15.8. The van der Waals surface area contributed by atoms with Gasteiger partial charge >= 0.3 is 0 Å². The summed E-state index contributed by atoms with van der Waals surface area (Å²) in [4.78, 5) is 15.2. The van der Waals surface area contributed by atoms with Crippen molar-refractivity contribution in [2.24, 2.45) is 11.3 Å². The van der Waals surface area contributed by atoms with Crippen LogP contribution in [0, 0.1) is 11.3 Å². The smallest absolute Gasteiger partial charge is 0.274 e. The molecular formula is C21H33N3O. The van der Waals surface area contributed by atoms with E-state index in [1.807, 2.05) is 12.3 Å². The van der Waals surface area contributed by atoms with Crippen LogP contribution >= 0.6 is 0 Å². The first-order chi connectivity index (χ1) is 12.2. The molecule has 1 spiro atoms. The number of piperidine rings is 1. The monoisotopic (exact) mass is 343 g/mol. The highest BCUT2D eigenvalue weighted by Gasteiger charge is 2.43.